The molecule has 1 aromatic carbocycles. The molecule has 3 rings (SSSR count). The molecule has 0 radical (unpaired) electrons. The lowest BCUT2D eigenvalue weighted by Crippen LogP contribution is -2.24. The molecule has 0 spiro atoms. The Bertz CT molecular complexity index is 939. The average molecular weight is 387 g/mol. The fraction of sp³-hybridized carbons (Fsp3) is 0.350. The van der Waals surface area contributed by atoms with Gasteiger partial charge in [0, 0.05) is 16.6 Å². The van der Waals surface area contributed by atoms with Gasteiger partial charge >= 0.3 is 5.97 Å². The van der Waals surface area contributed by atoms with Gasteiger partial charge in [-0.2, -0.15) is 5.10 Å². The first-order chi connectivity index (χ1) is 12.8. The van der Waals surface area contributed by atoms with Crippen LogP contribution in [0.5, 0.6) is 0 Å². The summed E-state index contributed by atoms with van der Waals surface area (Å²) in [4.78, 5) is 17.0. The number of hydrogen-bond donors (Lipinski definition) is 0. The molecule has 5 nitrogen and oxygen atoms in total. The number of nitrogens with zero attached hydrogens (tertiary/aromatic N) is 3. The summed E-state index contributed by atoms with van der Waals surface area (Å²) in [5.41, 5.74) is 2.34. The highest BCUT2D eigenvalue weighted by Gasteiger charge is 2.24. The number of aromatic nitrogens is 3. The van der Waals surface area contributed by atoms with E-state index in [1.807, 2.05) is 4.68 Å². The predicted octanol–water partition coefficient (Wildman–Crippen LogP) is 4.67. The molecule has 0 saturated heterocycles. The van der Waals surface area contributed by atoms with Crippen molar-refractivity contribution in [2.75, 3.05) is 6.61 Å². The highest BCUT2D eigenvalue weighted by atomic mass is 32.1. The van der Waals surface area contributed by atoms with Crippen molar-refractivity contribution in [2.24, 2.45) is 0 Å². The minimum absolute atomic E-state index is 0.199. The van der Waals surface area contributed by atoms with Crippen molar-refractivity contribution in [1.29, 1.82) is 0 Å². The van der Waals surface area contributed by atoms with Gasteiger partial charge in [0.15, 0.2) is 0 Å². The van der Waals surface area contributed by atoms with E-state index in [-0.39, 0.29) is 23.7 Å². The molecule has 0 aliphatic heterocycles. The topological polar surface area (TPSA) is 57.0 Å². The maximum atomic E-state index is 13.4. The van der Waals surface area contributed by atoms with E-state index in [1.165, 1.54) is 23.5 Å². The molecule has 0 aliphatic rings. The van der Waals surface area contributed by atoms with E-state index in [0.717, 1.165) is 26.7 Å². The van der Waals surface area contributed by atoms with Crippen LogP contribution in [0.2, 0.25) is 0 Å². The Morgan fingerprint density at radius 2 is 1.93 bits per heavy atom. The molecule has 0 aliphatic carbocycles. The molecule has 27 heavy (non-hydrogen) atoms. The summed E-state index contributed by atoms with van der Waals surface area (Å²) in [6, 6.07) is 6.36. The Labute approximate surface area is 161 Å². The van der Waals surface area contributed by atoms with Gasteiger partial charge in [-0.1, -0.05) is 0 Å². The zero-order valence-corrected chi connectivity index (χ0v) is 16.6. The van der Waals surface area contributed by atoms with Crippen molar-refractivity contribution >= 4 is 17.3 Å². The first-order valence-electron chi connectivity index (χ1n) is 8.74. The van der Waals surface area contributed by atoms with Gasteiger partial charge < -0.3 is 4.74 Å². The number of benzene rings is 1. The summed E-state index contributed by atoms with van der Waals surface area (Å²) >= 11 is 1.44. The van der Waals surface area contributed by atoms with Crippen molar-refractivity contribution < 1.29 is 13.9 Å². The third kappa shape index (κ3) is 4.24. The lowest BCUT2D eigenvalue weighted by atomic mass is 10.0. The standard InChI is InChI=1S/C20H22FN3O2S/c1-5-26-17(25)10-15-11-22-19(27-15)16-12-23-24(20(2,3)4)18(16)13-6-8-14(21)9-7-13/h6-9,11-12H,5,10H2,1-4H3. The maximum Gasteiger partial charge on any atom is 0.311 e. The molecule has 0 atom stereocenters. The summed E-state index contributed by atoms with van der Waals surface area (Å²) in [7, 11) is 0. The van der Waals surface area contributed by atoms with Gasteiger partial charge in [-0.05, 0) is 52.0 Å². The third-order valence-corrected chi connectivity index (χ3v) is 4.96. The predicted molar refractivity (Wildman–Crippen MR) is 104 cm³/mol. The van der Waals surface area contributed by atoms with Gasteiger partial charge in [-0.25, -0.2) is 9.37 Å². The van der Waals surface area contributed by atoms with Gasteiger partial charge in [0.2, 0.25) is 0 Å². The van der Waals surface area contributed by atoms with E-state index in [0.29, 0.717) is 6.61 Å². The van der Waals surface area contributed by atoms with Crippen LogP contribution < -0.4 is 0 Å². The first kappa shape index (κ1) is 19.2. The lowest BCUT2D eigenvalue weighted by Gasteiger charge is -2.23. The smallest absolute Gasteiger partial charge is 0.311 e. The van der Waals surface area contributed by atoms with Gasteiger partial charge in [0.1, 0.15) is 10.8 Å². The summed E-state index contributed by atoms with van der Waals surface area (Å²) in [5.74, 6) is -0.551. The Morgan fingerprint density at radius 3 is 2.56 bits per heavy atom. The Balaban J connectivity index is 2.04. The molecule has 0 unspecified atom stereocenters. The van der Waals surface area contributed by atoms with Crippen LogP contribution in [0.15, 0.2) is 36.7 Å². The molecule has 0 amide bonds. The maximum absolute atomic E-state index is 13.4. The first-order valence-corrected chi connectivity index (χ1v) is 9.56. The fourth-order valence-corrected chi connectivity index (χ4v) is 3.68. The molecular weight excluding hydrogens is 365 g/mol. The second-order valence-corrected chi connectivity index (χ2v) is 8.23. The molecule has 7 heteroatoms. The molecule has 3 aromatic rings. The third-order valence-electron chi connectivity index (χ3n) is 3.93. The van der Waals surface area contributed by atoms with Crippen LogP contribution in [0, 0.1) is 5.82 Å². The number of carbonyl (C=O) groups excluding carboxylic acids is 1. The van der Waals surface area contributed by atoms with E-state index < -0.39 is 0 Å². The van der Waals surface area contributed by atoms with Gasteiger partial charge in [-0.15, -0.1) is 11.3 Å². The minimum Gasteiger partial charge on any atom is -0.466 e. The zero-order chi connectivity index (χ0) is 19.6. The molecule has 142 valence electrons. The Hall–Kier alpha value is -2.54. The van der Waals surface area contributed by atoms with Gasteiger partial charge in [0.05, 0.1) is 36.0 Å². The summed E-state index contributed by atoms with van der Waals surface area (Å²) in [5, 5.41) is 5.33. The SMILES string of the molecule is CCOC(=O)Cc1cnc(-c2cnn(C(C)(C)C)c2-c2ccc(F)cc2)s1. The second-order valence-electron chi connectivity index (χ2n) is 7.11. The Kier molecular flexibility index (Phi) is 5.41. The number of ether oxygens (including phenoxy) is 1. The summed E-state index contributed by atoms with van der Waals surface area (Å²) in [6.45, 7) is 8.32. The summed E-state index contributed by atoms with van der Waals surface area (Å²) in [6.07, 6.45) is 3.67. The van der Waals surface area contributed by atoms with E-state index in [2.05, 4.69) is 30.9 Å². The number of hydrogen-bond acceptors (Lipinski definition) is 5. The molecule has 0 fully saturated rings. The van der Waals surface area contributed by atoms with Crippen molar-refractivity contribution in [1.82, 2.24) is 14.8 Å². The molecule has 2 heterocycles. The molecule has 0 bridgehead atoms. The molecular formula is C20H22FN3O2S. The number of carbonyl (C=O) groups is 1. The van der Waals surface area contributed by atoms with Crippen LogP contribution in [-0.2, 0) is 21.5 Å². The largest absolute Gasteiger partial charge is 0.466 e. The van der Waals surface area contributed by atoms with Crippen LogP contribution in [0.3, 0.4) is 0 Å². The van der Waals surface area contributed by atoms with E-state index in [9.17, 15) is 9.18 Å². The van der Waals surface area contributed by atoms with Gasteiger partial charge in [-0.3, -0.25) is 9.48 Å². The minimum atomic E-state index is -0.284. The van der Waals surface area contributed by atoms with Crippen molar-refractivity contribution in [2.45, 2.75) is 39.7 Å². The highest BCUT2D eigenvalue weighted by molar-refractivity contribution is 7.15. The number of halogens is 1. The Morgan fingerprint density at radius 1 is 1.22 bits per heavy atom. The number of thiazole rings is 1. The lowest BCUT2D eigenvalue weighted by molar-refractivity contribution is -0.142. The van der Waals surface area contributed by atoms with E-state index in [1.54, 1.807) is 31.5 Å². The van der Waals surface area contributed by atoms with Crippen molar-refractivity contribution in [3.05, 3.63) is 47.4 Å². The average Bonchev–Trinajstić information content (AvgIpc) is 3.22. The molecule has 0 N–H and O–H groups in total. The van der Waals surface area contributed by atoms with Crippen LogP contribution in [-0.4, -0.2) is 27.3 Å². The number of rotatable bonds is 5. The fourth-order valence-electron chi connectivity index (χ4n) is 2.77. The molecule has 2 aromatic heterocycles. The highest BCUT2D eigenvalue weighted by Crippen LogP contribution is 2.37. The zero-order valence-electron chi connectivity index (χ0n) is 15.8. The summed E-state index contributed by atoms with van der Waals surface area (Å²) < 4.78 is 20.3. The molecule has 0 saturated carbocycles. The van der Waals surface area contributed by atoms with Crippen LogP contribution >= 0.6 is 11.3 Å². The quantitative estimate of drug-likeness (QED) is 0.597. The van der Waals surface area contributed by atoms with Gasteiger partial charge in [0.25, 0.3) is 0 Å². The van der Waals surface area contributed by atoms with Crippen LogP contribution in [0.1, 0.15) is 32.6 Å². The number of esters is 1. The van der Waals surface area contributed by atoms with Crippen molar-refractivity contribution in [3.63, 3.8) is 0 Å². The monoisotopic (exact) mass is 387 g/mol. The normalized spacial score (nSPS) is 11.6. The van der Waals surface area contributed by atoms with E-state index in [4.69, 9.17) is 4.74 Å². The second kappa shape index (κ2) is 7.60. The van der Waals surface area contributed by atoms with Crippen LogP contribution in [0.25, 0.3) is 21.8 Å². The van der Waals surface area contributed by atoms with E-state index >= 15 is 0 Å². The van der Waals surface area contributed by atoms with Crippen molar-refractivity contribution in [3.8, 4) is 21.8 Å². The van der Waals surface area contributed by atoms with Crippen LogP contribution in [0.4, 0.5) is 4.39 Å².